The van der Waals surface area contributed by atoms with Crippen molar-refractivity contribution >= 4 is 5.97 Å². The Labute approximate surface area is 94.8 Å². The minimum Gasteiger partial charge on any atom is -0.480 e. The van der Waals surface area contributed by atoms with Crippen molar-refractivity contribution in [2.45, 2.75) is 25.6 Å². The average Bonchev–Trinajstić information content (AvgIpc) is 2.72. The number of carboxylic acids is 1. The Morgan fingerprint density at radius 3 is 2.88 bits per heavy atom. The van der Waals surface area contributed by atoms with Crippen LogP contribution in [0.15, 0.2) is 15.8 Å². The third kappa shape index (κ3) is 2.12. The van der Waals surface area contributed by atoms with Gasteiger partial charge in [0.1, 0.15) is 6.04 Å². The van der Waals surface area contributed by atoms with E-state index in [9.17, 15) is 14.4 Å². The van der Waals surface area contributed by atoms with Gasteiger partial charge in [0.15, 0.2) is 6.23 Å². The monoisotopic (exact) mass is 241 g/mol. The molecule has 1 aromatic heterocycles. The van der Waals surface area contributed by atoms with Crippen LogP contribution in [0.4, 0.5) is 0 Å². The molecule has 1 aliphatic rings. The van der Waals surface area contributed by atoms with Crippen LogP contribution in [-0.2, 0) is 9.63 Å². The van der Waals surface area contributed by atoms with E-state index in [1.807, 2.05) is 0 Å². The first-order valence-corrected chi connectivity index (χ1v) is 4.95. The zero-order chi connectivity index (χ0) is 12.6. The Bertz CT molecular complexity index is 560. The first kappa shape index (κ1) is 11.6. The van der Waals surface area contributed by atoms with Gasteiger partial charge in [-0.15, -0.1) is 0 Å². The molecule has 1 aliphatic heterocycles. The number of carbonyl (C=O) groups is 1. The molecule has 0 bridgehead atoms. The maximum absolute atomic E-state index is 11.5. The summed E-state index contributed by atoms with van der Waals surface area (Å²) in [6.07, 6.45) is 0.720. The summed E-state index contributed by atoms with van der Waals surface area (Å²) in [7, 11) is 0. The quantitative estimate of drug-likeness (QED) is 0.594. The number of rotatable bonds is 2. The molecule has 0 aromatic carbocycles. The van der Waals surface area contributed by atoms with E-state index in [1.165, 1.54) is 6.20 Å². The van der Waals surface area contributed by atoms with Crippen LogP contribution in [0.2, 0.25) is 0 Å². The molecular weight excluding hydrogens is 230 g/mol. The van der Waals surface area contributed by atoms with Crippen LogP contribution < -0.4 is 16.7 Å². The van der Waals surface area contributed by atoms with Gasteiger partial charge in [-0.1, -0.05) is 0 Å². The normalized spacial score (nSPS) is 23.8. The summed E-state index contributed by atoms with van der Waals surface area (Å²) in [5.74, 6) is -1.05. The molecule has 17 heavy (non-hydrogen) atoms. The molecule has 92 valence electrons. The van der Waals surface area contributed by atoms with E-state index in [0.29, 0.717) is 5.56 Å². The number of aromatic nitrogens is 2. The first-order chi connectivity index (χ1) is 7.99. The van der Waals surface area contributed by atoms with Gasteiger partial charge in [-0.05, 0) is 6.92 Å². The molecule has 8 nitrogen and oxygen atoms in total. The standard InChI is InChI=1S/C9H11N3O5/c1-4-3-12(9(16)10-7(4)13)6-2-5(8(14)15)11-17-6/h3,5-6,11H,2H2,1H3,(H,14,15)(H,10,13,16)/t5-,6-/m1/s1. The van der Waals surface area contributed by atoms with Crippen LogP contribution >= 0.6 is 0 Å². The molecule has 3 N–H and O–H groups in total. The summed E-state index contributed by atoms with van der Waals surface area (Å²) in [6, 6.07) is -0.862. The van der Waals surface area contributed by atoms with Crippen molar-refractivity contribution in [1.82, 2.24) is 15.0 Å². The number of nitrogens with zero attached hydrogens (tertiary/aromatic N) is 1. The summed E-state index contributed by atoms with van der Waals surface area (Å²) in [4.78, 5) is 40.5. The number of hydrogen-bond acceptors (Lipinski definition) is 5. The van der Waals surface area contributed by atoms with Crippen molar-refractivity contribution in [2.24, 2.45) is 0 Å². The van der Waals surface area contributed by atoms with Crippen LogP contribution in [-0.4, -0.2) is 26.7 Å². The Morgan fingerprint density at radius 2 is 2.29 bits per heavy atom. The Morgan fingerprint density at radius 1 is 1.59 bits per heavy atom. The lowest BCUT2D eigenvalue weighted by molar-refractivity contribution is -0.140. The molecule has 0 radical (unpaired) electrons. The molecular formula is C9H11N3O5. The summed E-state index contributed by atoms with van der Waals surface area (Å²) in [6.45, 7) is 1.55. The van der Waals surface area contributed by atoms with Crippen LogP contribution in [0.1, 0.15) is 18.2 Å². The van der Waals surface area contributed by atoms with Crippen molar-refractivity contribution in [2.75, 3.05) is 0 Å². The SMILES string of the molecule is Cc1cn([C@H]2C[C@H](C(=O)O)NO2)c(=O)[nH]c1=O. The highest BCUT2D eigenvalue weighted by molar-refractivity contribution is 5.73. The van der Waals surface area contributed by atoms with Crippen LogP contribution in [0.3, 0.4) is 0 Å². The number of H-pyrrole nitrogens is 1. The van der Waals surface area contributed by atoms with Crippen molar-refractivity contribution in [3.05, 3.63) is 32.6 Å². The van der Waals surface area contributed by atoms with E-state index >= 15 is 0 Å². The number of carboxylic acid groups (broad SMARTS) is 1. The van der Waals surface area contributed by atoms with Crippen molar-refractivity contribution in [3.8, 4) is 0 Å². The second-order valence-electron chi connectivity index (χ2n) is 3.80. The topological polar surface area (TPSA) is 113 Å². The third-order valence-corrected chi connectivity index (χ3v) is 2.54. The highest BCUT2D eigenvalue weighted by Crippen LogP contribution is 2.19. The Balaban J connectivity index is 2.31. The molecule has 1 aromatic rings. The van der Waals surface area contributed by atoms with Crippen LogP contribution in [0.5, 0.6) is 0 Å². The van der Waals surface area contributed by atoms with Crippen molar-refractivity contribution in [1.29, 1.82) is 0 Å². The smallest absolute Gasteiger partial charge is 0.330 e. The molecule has 1 saturated heterocycles. The van der Waals surface area contributed by atoms with Gasteiger partial charge in [-0.2, -0.15) is 5.48 Å². The largest absolute Gasteiger partial charge is 0.480 e. The lowest BCUT2D eigenvalue weighted by Crippen LogP contribution is -2.33. The predicted octanol–water partition coefficient (Wildman–Crippen LogP) is -1.28. The number of aryl methyl sites for hydroxylation is 1. The number of nitrogens with one attached hydrogen (secondary N) is 2. The average molecular weight is 241 g/mol. The molecule has 0 unspecified atom stereocenters. The fraction of sp³-hybridized carbons (Fsp3) is 0.444. The number of aromatic amines is 1. The minimum absolute atomic E-state index is 0.112. The van der Waals surface area contributed by atoms with Crippen molar-refractivity contribution < 1.29 is 14.7 Å². The predicted molar refractivity (Wildman–Crippen MR) is 55.4 cm³/mol. The van der Waals surface area contributed by atoms with E-state index in [0.717, 1.165) is 4.57 Å². The van der Waals surface area contributed by atoms with E-state index in [1.54, 1.807) is 6.92 Å². The summed E-state index contributed by atoms with van der Waals surface area (Å²) >= 11 is 0. The molecule has 2 rings (SSSR count). The number of hydroxylamine groups is 1. The molecule has 0 saturated carbocycles. The van der Waals surface area contributed by atoms with Crippen LogP contribution in [0.25, 0.3) is 0 Å². The molecule has 0 aliphatic carbocycles. The maximum Gasteiger partial charge on any atom is 0.330 e. The highest BCUT2D eigenvalue weighted by Gasteiger charge is 2.32. The first-order valence-electron chi connectivity index (χ1n) is 4.95. The Hall–Kier alpha value is -1.93. The summed E-state index contributed by atoms with van der Waals surface area (Å²) in [5.41, 5.74) is 1.58. The van der Waals surface area contributed by atoms with Gasteiger partial charge >= 0.3 is 11.7 Å². The van der Waals surface area contributed by atoms with Gasteiger partial charge in [0.2, 0.25) is 0 Å². The zero-order valence-electron chi connectivity index (χ0n) is 8.97. The second-order valence-corrected chi connectivity index (χ2v) is 3.80. The van der Waals surface area contributed by atoms with Crippen LogP contribution in [0, 0.1) is 6.92 Å². The molecule has 8 heteroatoms. The summed E-state index contributed by atoms with van der Waals surface area (Å²) in [5, 5.41) is 8.76. The van der Waals surface area contributed by atoms with E-state index in [2.05, 4.69) is 10.5 Å². The zero-order valence-corrected chi connectivity index (χ0v) is 8.97. The summed E-state index contributed by atoms with van der Waals surface area (Å²) < 4.78 is 1.16. The van der Waals surface area contributed by atoms with Gasteiger partial charge in [-0.3, -0.25) is 24.0 Å². The molecule has 1 fully saturated rings. The molecule has 0 amide bonds. The fourth-order valence-electron chi connectivity index (χ4n) is 1.58. The van der Waals surface area contributed by atoms with Gasteiger partial charge in [0, 0.05) is 18.2 Å². The van der Waals surface area contributed by atoms with Gasteiger partial charge in [-0.25, -0.2) is 4.79 Å². The third-order valence-electron chi connectivity index (χ3n) is 2.54. The van der Waals surface area contributed by atoms with Crippen molar-refractivity contribution in [3.63, 3.8) is 0 Å². The Kier molecular flexibility index (Phi) is 2.82. The molecule has 0 spiro atoms. The minimum atomic E-state index is -1.05. The van der Waals surface area contributed by atoms with E-state index in [-0.39, 0.29) is 6.42 Å². The number of hydrogen-bond donors (Lipinski definition) is 3. The van der Waals surface area contributed by atoms with Gasteiger partial charge < -0.3 is 5.11 Å². The molecule has 2 atom stereocenters. The highest BCUT2D eigenvalue weighted by atomic mass is 16.7. The van der Waals surface area contributed by atoms with E-state index < -0.39 is 29.5 Å². The van der Waals surface area contributed by atoms with Gasteiger partial charge in [0.25, 0.3) is 5.56 Å². The fourth-order valence-corrected chi connectivity index (χ4v) is 1.58. The lowest BCUT2D eigenvalue weighted by atomic mass is 10.2. The molecule has 2 heterocycles. The number of aliphatic carboxylic acids is 1. The maximum atomic E-state index is 11.5. The second kappa shape index (κ2) is 4.15. The van der Waals surface area contributed by atoms with Gasteiger partial charge in [0.05, 0.1) is 0 Å². The lowest BCUT2D eigenvalue weighted by Gasteiger charge is -2.11. The van der Waals surface area contributed by atoms with E-state index in [4.69, 9.17) is 9.94 Å².